The highest BCUT2D eigenvalue weighted by Gasteiger charge is 2.37. The number of aromatic nitrogens is 6. The minimum atomic E-state index is -4.98. The SMILES string of the molecule is [2H]C([2H])([2H])Oc1cnc(-c2cc3ncn(C[C@H](F)C[C@@H](C)Nc4cn[nH]c(=O)c4C(F)(F)F)c(=O)c3cc2F)nc1. The molecule has 3 heterocycles. The molecular formula is C23H20F5N7O3. The zero-order chi connectivity index (χ0) is 30.1. The van der Waals surface area contributed by atoms with Crippen molar-refractivity contribution in [2.45, 2.75) is 38.3 Å². The Labute approximate surface area is 214 Å². The number of hydrogen-bond acceptors (Lipinski definition) is 8. The molecule has 0 saturated heterocycles. The van der Waals surface area contributed by atoms with Gasteiger partial charge >= 0.3 is 6.18 Å². The van der Waals surface area contributed by atoms with Crippen molar-refractivity contribution in [3.63, 3.8) is 0 Å². The third-order valence-electron chi connectivity index (χ3n) is 5.45. The van der Waals surface area contributed by atoms with Crippen LogP contribution in [0.25, 0.3) is 22.3 Å². The van der Waals surface area contributed by atoms with E-state index in [0.717, 1.165) is 35.6 Å². The molecule has 38 heavy (non-hydrogen) atoms. The Morgan fingerprint density at radius 2 is 1.92 bits per heavy atom. The quantitative estimate of drug-likeness (QED) is 0.326. The van der Waals surface area contributed by atoms with Gasteiger partial charge < -0.3 is 10.1 Å². The van der Waals surface area contributed by atoms with Crippen LogP contribution in [0.4, 0.5) is 27.6 Å². The van der Waals surface area contributed by atoms with Crippen LogP contribution in [0, 0.1) is 5.82 Å². The smallest absolute Gasteiger partial charge is 0.423 e. The number of fused-ring (bicyclic) bond motifs is 1. The van der Waals surface area contributed by atoms with Crippen LogP contribution in [0.15, 0.2) is 46.6 Å². The third kappa shape index (κ3) is 5.60. The van der Waals surface area contributed by atoms with Gasteiger partial charge in [0.1, 0.15) is 17.6 Å². The number of H-pyrrole nitrogens is 1. The zero-order valence-corrected chi connectivity index (χ0v) is 19.4. The van der Waals surface area contributed by atoms with Crippen molar-refractivity contribution in [2.75, 3.05) is 12.4 Å². The molecule has 0 aliphatic heterocycles. The van der Waals surface area contributed by atoms with Gasteiger partial charge in [0.25, 0.3) is 11.1 Å². The lowest BCUT2D eigenvalue weighted by Gasteiger charge is -2.20. The lowest BCUT2D eigenvalue weighted by Crippen LogP contribution is -2.30. The van der Waals surface area contributed by atoms with Crippen molar-refractivity contribution >= 4 is 16.6 Å². The number of methoxy groups -OCH3 is 1. The van der Waals surface area contributed by atoms with E-state index in [-0.39, 0.29) is 34.5 Å². The summed E-state index contributed by atoms with van der Waals surface area (Å²) < 4.78 is 96.3. The summed E-state index contributed by atoms with van der Waals surface area (Å²) in [5.41, 5.74) is -4.46. The summed E-state index contributed by atoms with van der Waals surface area (Å²) in [6.07, 6.45) is -3.20. The van der Waals surface area contributed by atoms with Gasteiger partial charge in [-0.15, -0.1) is 0 Å². The molecule has 0 amide bonds. The summed E-state index contributed by atoms with van der Waals surface area (Å²) in [7, 11) is -2.73. The van der Waals surface area contributed by atoms with Crippen molar-refractivity contribution in [1.82, 2.24) is 29.7 Å². The van der Waals surface area contributed by atoms with Gasteiger partial charge in [0.05, 0.1) is 64.8 Å². The number of benzene rings is 1. The molecular weight excluding hydrogens is 517 g/mol. The van der Waals surface area contributed by atoms with Gasteiger partial charge in [-0.3, -0.25) is 14.2 Å². The predicted molar refractivity (Wildman–Crippen MR) is 126 cm³/mol. The van der Waals surface area contributed by atoms with Crippen LogP contribution in [-0.2, 0) is 12.7 Å². The molecule has 0 spiro atoms. The second kappa shape index (κ2) is 10.5. The molecule has 0 bridgehead atoms. The molecule has 2 N–H and O–H groups in total. The number of nitrogens with one attached hydrogen (secondary N) is 2. The van der Waals surface area contributed by atoms with Crippen molar-refractivity contribution in [3.8, 4) is 17.1 Å². The molecule has 4 aromatic rings. The second-order valence-corrected chi connectivity index (χ2v) is 8.26. The number of anilines is 1. The summed E-state index contributed by atoms with van der Waals surface area (Å²) in [6.45, 7) is 0.848. The Morgan fingerprint density at radius 3 is 2.61 bits per heavy atom. The highest BCUT2D eigenvalue weighted by atomic mass is 19.4. The molecule has 0 fully saturated rings. The second-order valence-electron chi connectivity index (χ2n) is 8.26. The first kappa shape index (κ1) is 22.7. The Bertz CT molecular complexity index is 1680. The van der Waals surface area contributed by atoms with E-state index in [1.54, 1.807) is 5.10 Å². The fourth-order valence-corrected chi connectivity index (χ4v) is 3.77. The van der Waals surface area contributed by atoms with E-state index in [4.69, 9.17) is 4.11 Å². The third-order valence-corrected chi connectivity index (χ3v) is 5.45. The molecule has 10 nitrogen and oxygen atoms in total. The monoisotopic (exact) mass is 540 g/mol. The lowest BCUT2D eigenvalue weighted by molar-refractivity contribution is -0.138. The topological polar surface area (TPSA) is 128 Å². The fourth-order valence-electron chi connectivity index (χ4n) is 3.77. The average Bonchev–Trinajstić information content (AvgIpc) is 2.84. The molecule has 0 radical (unpaired) electrons. The van der Waals surface area contributed by atoms with Crippen molar-refractivity contribution in [3.05, 3.63) is 69.1 Å². The first-order chi connectivity index (χ1) is 19.1. The minimum Gasteiger partial charge on any atom is -0.494 e. The number of nitrogens with zero attached hydrogens (tertiary/aromatic N) is 5. The number of ether oxygens (including phenoxy) is 1. The van der Waals surface area contributed by atoms with E-state index in [9.17, 15) is 31.5 Å². The Balaban J connectivity index is 1.50. The number of aromatic amines is 1. The molecule has 0 aliphatic rings. The van der Waals surface area contributed by atoms with Crippen molar-refractivity contribution in [2.24, 2.45) is 0 Å². The van der Waals surface area contributed by atoms with Crippen LogP contribution in [0.3, 0.4) is 0 Å². The predicted octanol–water partition coefficient (Wildman–Crippen LogP) is 3.33. The van der Waals surface area contributed by atoms with Crippen LogP contribution in [0.1, 0.15) is 23.0 Å². The maximum absolute atomic E-state index is 14.9. The molecule has 1 aromatic carbocycles. The highest BCUT2D eigenvalue weighted by Crippen LogP contribution is 2.32. The Kier molecular flexibility index (Phi) is 6.29. The van der Waals surface area contributed by atoms with Gasteiger partial charge in [-0.25, -0.2) is 28.8 Å². The summed E-state index contributed by atoms with van der Waals surface area (Å²) in [6, 6.07) is 1.17. The van der Waals surface area contributed by atoms with E-state index in [1.807, 2.05) is 0 Å². The van der Waals surface area contributed by atoms with Gasteiger partial charge in [0, 0.05) is 12.5 Å². The Hall–Kier alpha value is -4.43. The molecule has 3 aromatic heterocycles. The molecule has 15 heteroatoms. The van der Waals surface area contributed by atoms with Gasteiger partial charge in [0.2, 0.25) is 0 Å². The molecule has 200 valence electrons. The number of halogens is 5. The van der Waals surface area contributed by atoms with Gasteiger partial charge in [-0.05, 0) is 19.1 Å². The van der Waals surface area contributed by atoms with Crippen LogP contribution >= 0.6 is 0 Å². The van der Waals surface area contributed by atoms with Gasteiger partial charge in [0.15, 0.2) is 11.6 Å². The van der Waals surface area contributed by atoms with Crippen molar-refractivity contribution in [1.29, 1.82) is 0 Å². The summed E-state index contributed by atoms with van der Waals surface area (Å²) in [5.74, 6) is -1.21. The van der Waals surface area contributed by atoms with Crippen LogP contribution in [0.5, 0.6) is 5.75 Å². The van der Waals surface area contributed by atoms with E-state index in [1.165, 1.54) is 13.0 Å². The maximum atomic E-state index is 14.9. The van der Waals surface area contributed by atoms with Gasteiger partial charge in [-0.1, -0.05) is 0 Å². The fraction of sp³-hybridized carbons (Fsp3) is 0.304. The molecule has 2 atom stereocenters. The maximum Gasteiger partial charge on any atom is 0.423 e. The standard InChI is InChI=1S/C23H20F5N7O3/c1-11(33-18-8-32-34-21(36)19(18)23(26,27)28)3-12(24)9-35-10-31-17-5-14(16(25)4-15(17)22(35)37)20-29-6-13(38-2)7-30-20/h4-8,10-12H,3,9H2,1-2H3,(H2,33,34,36)/t11-,12-/m1/s1/i2D3. The first-order valence-corrected chi connectivity index (χ1v) is 10.9. The molecule has 4 rings (SSSR count). The average molecular weight is 540 g/mol. The van der Waals surface area contributed by atoms with Crippen LogP contribution in [-0.4, -0.2) is 49.0 Å². The lowest BCUT2D eigenvalue weighted by atomic mass is 10.1. The minimum absolute atomic E-state index is 0.0426. The summed E-state index contributed by atoms with van der Waals surface area (Å²) >= 11 is 0. The molecule has 0 saturated carbocycles. The van der Waals surface area contributed by atoms with Crippen LogP contribution in [0.2, 0.25) is 0 Å². The van der Waals surface area contributed by atoms with Crippen molar-refractivity contribution < 1.29 is 30.8 Å². The highest BCUT2D eigenvalue weighted by molar-refractivity contribution is 5.82. The largest absolute Gasteiger partial charge is 0.494 e. The van der Waals surface area contributed by atoms with Crippen LogP contribution < -0.4 is 21.2 Å². The Morgan fingerprint density at radius 1 is 1.18 bits per heavy atom. The normalized spacial score (nSPS) is 14.8. The summed E-state index contributed by atoms with van der Waals surface area (Å²) in [5, 5.41) is 7.27. The van der Waals surface area contributed by atoms with Gasteiger partial charge in [-0.2, -0.15) is 18.3 Å². The van der Waals surface area contributed by atoms with E-state index >= 15 is 0 Å². The van der Waals surface area contributed by atoms with E-state index in [0.29, 0.717) is 0 Å². The summed E-state index contributed by atoms with van der Waals surface area (Å²) in [4.78, 5) is 36.4. The number of rotatable bonds is 8. The molecule has 0 aliphatic carbocycles. The molecule has 0 unspecified atom stereocenters. The van der Waals surface area contributed by atoms with E-state index < -0.39 is 60.2 Å². The zero-order valence-electron chi connectivity index (χ0n) is 22.4. The van der Waals surface area contributed by atoms with E-state index in [2.05, 4.69) is 30.1 Å². The first-order valence-electron chi connectivity index (χ1n) is 12.4. The number of alkyl halides is 4. The number of hydrogen-bond donors (Lipinski definition) is 2.